The molecule has 7 heteroatoms. The number of anilines is 1. The third-order valence-electron chi connectivity index (χ3n) is 3.67. The van der Waals surface area contributed by atoms with E-state index >= 15 is 0 Å². The van der Waals surface area contributed by atoms with Crippen LogP contribution in [0.5, 0.6) is 0 Å². The first-order chi connectivity index (χ1) is 12.2. The number of carbonyl (C=O) groups excluding carboxylic acids is 2. The number of nitrogens with one attached hydrogen (secondary N) is 1. The number of carbonyl (C=O) groups is 2. The van der Waals surface area contributed by atoms with E-state index in [2.05, 4.69) is 5.32 Å². The highest BCUT2D eigenvalue weighted by Crippen LogP contribution is 2.19. The standard InChI is InChI=1S/C19H21NO5S/c1-13-6-4-7-14(2)18(13)20-17(21)11-25-19(22)16-9-5-8-15(10-16)12-26(3,23)24/h4-10H,11-12H2,1-3H3,(H,20,21). The van der Waals surface area contributed by atoms with Gasteiger partial charge in [0.1, 0.15) is 0 Å². The predicted molar refractivity (Wildman–Crippen MR) is 99.8 cm³/mol. The minimum Gasteiger partial charge on any atom is -0.452 e. The van der Waals surface area contributed by atoms with Crippen molar-refractivity contribution in [2.24, 2.45) is 0 Å². The Morgan fingerprint density at radius 3 is 2.27 bits per heavy atom. The van der Waals surface area contributed by atoms with Gasteiger partial charge in [0.25, 0.3) is 5.91 Å². The van der Waals surface area contributed by atoms with Gasteiger partial charge in [-0.3, -0.25) is 4.79 Å². The molecule has 0 saturated heterocycles. The molecule has 0 saturated carbocycles. The summed E-state index contributed by atoms with van der Waals surface area (Å²) >= 11 is 0. The number of benzene rings is 2. The summed E-state index contributed by atoms with van der Waals surface area (Å²) in [5, 5.41) is 2.73. The highest BCUT2D eigenvalue weighted by atomic mass is 32.2. The molecule has 1 amide bonds. The minimum atomic E-state index is -3.20. The normalized spacial score (nSPS) is 11.0. The van der Waals surface area contributed by atoms with Crippen LogP contribution < -0.4 is 5.32 Å². The molecule has 0 aliphatic carbocycles. The predicted octanol–water partition coefficient (Wildman–Crippen LogP) is 2.64. The summed E-state index contributed by atoms with van der Waals surface area (Å²) in [4.78, 5) is 24.1. The Morgan fingerprint density at radius 1 is 1.04 bits per heavy atom. The van der Waals surface area contributed by atoms with Gasteiger partial charge in [-0.05, 0) is 42.7 Å². The van der Waals surface area contributed by atoms with Crippen molar-refractivity contribution in [1.82, 2.24) is 0 Å². The third-order valence-corrected chi connectivity index (χ3v) is 4.53. The monoisotopic (exact) mass is 375 g/mol. The zero-order valence-electron chi connectivity index (χ0n) is 14.9. The van der Waals surface area contributed by atoms with Gasteiger partial charge in [-0.15, -0.1) is 0 Å². The Bertz CT molecular complexity index is 914. The molecule has 6 nitrogen and oxygen atoms in total. The number of ether oxygens (including phenoxy) is 1. The van der Waals surface area contributed by atoms with Crippen LogP contribution in [0.25, 0.3) is 0 Å². The minimum absolute atomic E-state index is 0.166. The maximum absolute atomic E-state index is 12.1. The van der Waals surface area contributed by atoms with Gasteiger partial charge in [0, 0.05) is 11.9 Å². The summed E-state index contributed by atoms with van der Waals surface area (Å²) in [5.74, 6) is -1.29. The van der Waals surface area contributed by atoms with E-state index < -0.39 is 28.3 Å². The smallest absolute Gasteiger partial charge is 0.338 e. The van der Waals surface area contributed by atoms with Crippen molar-refractivity contribution in [2.45, 2.75) is 19.6 Å². The van der Waals surface area contributed by atoms with Crippen LogP contribution in [-0.2, 0) is 25.1 Å². The molecule has 0 radical (unpaired) electrons. The molecule has 2 rings (SSSR count). The SMILES string of the molecule is Cc1cccc(C)c1NC(=O)COC(=O)c1cccc(CS(C)(=O)=O)c1. The average Bonchev–Trinajstić information content (AvgIpc) is 2.55. The quantitative estimate of drug-likeness (QED) is 0.784. The van der Waals surface area contributed by atoms with E-state index in [0.717, 1.165) is 17.4 Å². The van der Waals surface area contributed by atoms with Crippen molar-refractivity contribution in [3.05, 3.63) is 64.7 Å². The molecule has 26 heavy (non-hydrogen) atoms. The summed E-state index contributed by atoms with van der Waals surface area (Å²) in [5.41, 5.74) is 3.22. The summed E-state index contributed by atoms with van der Waals surface area (Å²) in [6, 6.07) is 11.8. The Balaban J connectivity index is 1.98. The molecule has 0 unspecified atom stereocenters. The van der Waals surface area contributed by atoms with E-state index in [1.165, 1.54) is 12.1 Å². The number of hydrogen-bond acceptors (Lipinski definition) is 5. The number of aryl methyl sites for hydroxylation is 2. The van der Waals surface area contributed by atoms with Gasteiger partial charge in [-0.25, -0.2) is 13.2 Å². The lowest BCUT2D eigenvalue weighted by Crippen LogP contribution is -2.22. The summed E-state index contributed by atoms with van der Waals surface area (Å²) in [7, 11) is -3.20. The lowest BCUT2D eigenvalue weighted by molar-refractivity contribution is -0.119. The molecular weight excluding hydrogens is 354 g/mol. The van der Waals surface area contributed by atoms with E-state index in [1.807, 2.05) is 32.0 Å². The zero-order chi connectivity index (χ0) is 19.3. The topological polar surface area (TPSA) is 89.5 Å². The number of rotatable bonds is 6. The molecule has 0 spiro atoms. The average molecular weight is 375 g/mol. The second-order valence-corrected chi connectivity index (χ2v) is 8.30. The Hall–Kier alpha value is -2.67. The molecule has 2 aromatic carbocycles. The molecule has 2 aromatic rings. The van der Waals surface area contributed by atoms with Crippen LogP contribution in [0.4, 0.5) is 5.69 Å². The molecule has 0 aromatic heterocycles. The van der Waals surface area contributed by atoms with E-state index in [4.69, 9.17) is 4.74 Å². The molecule has 138 valence electrons. The lowest BCUT2D eigenvalue weighted by Gasteiger charge is -2.11. The molecule has 1 N–H and O–H groups in total. The van der Waals surface area contributed by atoms with Crippen LogP contribution in [0, 0.1) is 13.8 Å². The maximum atomic E-state index is 12.1. The van der Waals surface area contributed by atoms with Crippen molar-refractivity contribution in [3.8, 4) is 0 Å². The number of amides is 1. The van der Waals surface area contributed by atoms with Crippen molar-refractivity contribution in [1.29, 1.82) is 0 Å². The Kier molecular flexibility index (Phi) is 6.15. The maximum Gasteiger partial charge on any atom is 0.338 e. The van der Waals surface area contributed by atoms with Crippen LogP contribution in [-0.4, -0.2) is 33.2 Å². The first-order valence-electron chi connectivity index (χ1n) is 7.95. The van der Waals surface area contributed by atoms with Crippen LogP contribution in [0.3, 0.4) is 0 Å². The number of sulfone groups is 1. The molecule has 0 aliphatic rings. The second kappa shape index (κ2) is 8.14. The number of esters is 1. The highest BCUT2D eigenvalue weighted by Gasteiger charge is 2.13. The molecule has 0 aliphatic heterocycles. The van der Waals surface area contributed by atoms with E-state index in [0.29, 0.717) is 11.3 Å². The van der Waals surface area contributed by atoms with Crippen LogP contribution in [0.15, 0.2) is 42.5 Å². The van der Waals surface area contributed by atoms with Gasteiger partial charge in [0.15, 0.2) is 16.4 Å². The van der Waals surface area contributed by atoms with Gasteiger partial charge in [-0.2, -0.15) is 0 Å². The number of hydrogen-bond donors (Lipinski definition) is 1. The summed E-state index contributed by atoms with van der Waals surface area (Å²) < 4.78 is 27.7. The Morgan fingerprint density at radius 2 is 1.65 bits per heavy atom. The Labute approximate surface area is 153 Å². The third kappa shape index (κ3) is 5.70. The van der Waals surface area contributed by atoms with Gasteiger partial charge in [-0.1, -0.05) is 30.3 Å². The van der Waals surface area contributed by atoms with Crippen molar-refractivity contribution < 1.29 is 22.7 Å². The van der Waals surface area contributed by atoms with Crippen LogP contribution in [0.2, 0.25) is 0 Å². The highest BCUT2D eigenvalue weighted by molar-refractivity contribution is 7.89. The fourth-order valence-corrected chi connectivity index (χ4v) is 3.28. The first-order valence-corrected chi connectivity index (χ1v) is 10.0. The zero-order valence-corrected chi connectivity index (χ0v) is 15.7. The van der Waals surface area contributed by atoms with Crippen molar-refractivity contribution in [3.63, 3.8) is 0 Å². The van der Waals surface area contributed by atoms with Crippen molar-refractivity contribution >= 4 is 27.4 Å². The van der Waals surface area contributed by atoms with Gasteiger partial charge < -0.3 is 10.1 Å². The van der Waals surface area contributed by atoms with E-state index in [-0.39, 0.29) is 11.3 Å². The lowest BCUT2D eigenvalue weighted by atomic mass is 10.1. The number of para-hydroxylation sites is 1. The second-order valence-electron chi connectivity index (χ2n) is 6.16. The summed E-state index contributed by atoms with van der Waals surface area (Å²) in [6.07, 6.45) is 1.12. The molecule has 0 heterocycles. The van der Waals surface area contributed by atoms with Gasteiger partial charge >= 0.3 is 5.97 Å². The molecule has 0 fully saturated rings. The van der Waals surface area contributed by atoms with E-state index in [9.17, 15) is 18.0 Å². The van der Waals surface area contributed by atoms with Gasteiger partial charge in [0.05, 0.1) is 11.3 Å². The molecule has 0 atom stereocenters. The fourth-order valence-electron chi connectivity index (χ4n) is 2.49. The van der Waals surface area contributed by atoms with E-state index in [1.54, 1.807) is 12.1 Å². The van der Waals surface area contributed by atoms with Gasteiger partial charge in [0.2, 0.25) is 0 Å². The first kappa shape index (κ1) is 19.7. The summed E-state index contributed by atoms with van der Waals surface area (Å²) in [6.45, 7) is 3.33. The molecule has 0 bridgehead atoms. The van der Waals surface area contributed by atoms with Crippen molar-refractivity contribution in [2.75, 3.05) is 18.2 Å². The molecular formula is C19H21NO5S. The van der Waals surface area contributed by atoms with Crippen LogP contribution >= 0.6 is 0 Å². The largest absolute Gasteiger partial charge is 0.452 e. The fraction of sp³-hybridized carbons (Fsp3) is 0.263. The van der Waals surface area contributed by atoms with Crippen LogP contribution in [0.1, 0.15) is 27.0 Å².